The van der Waals surface area contributed by atoms with E-state index in [0.29, 0.717) is 22.5 Å². The Kier molecular flexibility index (Phi) is 13.0. The highest BCUT2D eigenvalue weighted by molar-refractivity contribution is 6.10. The van der Waals surface area contributed by atoms with Gasteiger partial charge in [-0.3, -0.25) is 19.2 Å². The number of carbonyl (C=O) groups excluding carboxylic acids is 5. The topological polar surface area (TPSA) is 215 Å². The summed E-state index contributed by atoms with van der Waals surface area (Å²) in [6.07, 6.45) is -0.960. The summed E-state index contributed by atoms with van der Waals surface area (Å²) in [6, 6.07) is 25.8. The van der Waals surface area contributed by atoms with Gasteiger partial charge >= 0.3 is 24.0 Å². The van der Waals surface area contributed by atoms with Gasteiger partial charge in [0.05, 0.1) is 6.42 Å². The molecule has 0 saturated carbocycles. The zero-order chi connectivity index (χ0) is 41.3. The van der Waals surface area contributed by atoms with E-state index in [2.05, 4.69) is 21.3 Å². The standard InChI is InChI=1S/C42H44N6O9/c1-26(2)23-33(37(52)45-32(24-34(49)50)36(51)46-35(38(53)54)28-13-7-4-8-14-28)48-39(55)42(3,29-15-9-5-10-16-29)47(41(48)57)25-27-19-21-31(22-20-27)44-40(56)43-30-17-11-6-12-18-30/h4-22,26,32-33,35H,23-25H2,1-3H3,(H,45,52)(H,46,51)(H,49,50)(H,53,54)(H2,43,44,56)/t32-,33?,35-,42?/m0/s1. The fraction of sp³-hybridized carbons (Fsp3) is 0.262. The molecule has 0 aromatic heterocycles. The number of rotatable bonds is 16. The van der Waals surface area contributed by atoms with Crippen LogP contribution < -0.4 is 21.3 Å². The first-order valence-electron chi connectivity index (χ1n) is 18.2. The minimum atomic E-state index is -1.76. The average molecular weight is 777 g/mol. The Bertz CT molecular complexity index is 2100. The third-order valence-electron chi connectivity index (χ3n) is 9.52. The predicted octanol–water partition coefficient (Wildman–Crippen LogP) is 5.33. The number of hydrogen-bond acceptors (Lipinski definition) is 7. The van der Waals surface area contributed by atoms with Gasteiger partial charge in [-0.05, 0) is 60.2 Å². The Hall–Kier alpha value is -7.03. The maximum atomic E-state index is 14.7. The third-order valence-corrected chi connectivity index (χ3v) is 9.52. The summed E-state index contributed by atoms with van der Waals surface area (Å²) in [5.41, 5.74) is 0.745. The van der Waals surface area contributed by atoms with Gasteiger partial charge in [0.1, 0.15) is 17.6 Å². The fourth-order valence-corrected chi connectivity index (χ4v) is 6.60. The van der Waals surface area contributed by atoms with Crippen LogP contribution in [0.15, 0.2) is 115 Å². The summed E-state index contributed by atoms with van der Waals surface area (Å²) in [5.74, 6) is -5.92. The summed E-state index contributed by atoms with van der Waals surface area (Å²) in [7, 11) is 0. The number of para-hydroxylation sites is 1. The van der Waals surface area contributed by atoms with Gasteiger partial charge in [-0.15, -0.1) is 0 Å². The summed E-state index contributed by atoms with van der Waals surface area (Å²) in [6.45, 7) is 5.04. The number of amides is 7. The predicted molar refractivity (Wildman–Crippen MR) is 209 cm³/mol. The molecule has 0 radical (unpaired) electrons. The van der Waals surface area contributed by atoms with Crippen molar-refractivity contribution in [1.29, 1.82) is 0 Å². The van der Waals surface area contributed by atoms with Crippen LogP contribution in [-0.2, 0) is 36.1 Å². The van der Waals surface area contributed by atoms with E-state index in [0.717, 1.165) is 4.90 Å². The molecule has 6 N–H and O–H groups in total. The number of nitrogens with one attached hydrogen (secondary N) is 4. The van der Waals surface area contributed by atoms with Crippen LogP contribution in [0.25, 0.3) is 0 Å². The molecule has 15 nitrogen and oxygen atoms in total. The van der Waals surface area contributed by atoms with Crippen LogP contribution in [0.2, 0.25) is 0 Å². The van der Waals surface area contributed by atoms with E-state index in [1.165, 1.54) is 17.0 Å². The number of imide groups is 1. The molecule has 2 unspecified atom stereocenters. The molecule has 1 saturated heterocycles. The van der Waals surface area contributed by atoms with E-state index in [-0.39, 0.29) is 24.4 Å². The molecule has 1 heterocycles. The van der Waals surface area contributed by atoms with Crippen molar-refractivity contribution in [2.45, 2.75) is 63.8 Å². The average Bonchev–Trinajstić information content (AvgIpc) is 3.37. The molecule has 4 aromatic rings. The number of nitrogens with zero attached hydrogens (tertiary/aromatic N) is 2. The second kappa shape index (κ2) is 18.1. The number of carboxylic acids is 2. The number of aliphatic carboxylic acids is 2. The molecule has 5 rings (SSSR count). The van der Waals surface area contributed by atoms with Crippen molar-refractivity contribution < 1.29 is 43.8 Å². The van der Waals surface area contributed by atoms with Crippen molar-refractivity contribution in [3.63, 3.8) is 0 Å². The summed E-state index contributed by atoms with van der Waals surface area (Å²) >= 11 is 0. The molecule has 7 amide bonds. The van der Waals surface area contributed by atoms with Gasteiger partial charge < -0.3 is 36.4 Å². The maximum absolute atomic E-state index is 14.7. The number of anilines is 2. The van der Waals surface area contributed by atoms with E-state index in [1.54, 1.807) is 118 Å². The molecule has 296 valence electrons. The molecule has 15 heteroatoms. The SMILES string of the molecule is CC(C)CC(C(=O)N[C@@H](CC(=O)O)C(=O)N[C@H](C(=O)O)c1ccccc1)N1C(=O)N(Cc2ccc(NC(=O)Nc3ccccc3)cc2)C(C)(c2ccccc2)C1=O. The molecule has 1 aliphatic rings. The van der Waals surface area contributed by atoms with E-state index in [9.17, 15) is 43.8 Å². The molecule has 0 aliphatic carbocycles. The number of benzene rings is 4. The number of urea groups is 2. The zero-order valence-corrected chi connectivity index (χ0v) is 31.5. The van der Waals surface area contributed by atoms with Crippen LogP contribution in [0.3, 0.4) is 0 Å². The van der Waals surface area contributed by atoms with Crippen molar-refractivity contribution in [3.05, 3.63) is 132 Å². The van der Waals surface area contributed by atoms with Crippen LogP contribution >= 0.6 is 0 Å². The first-order valence-corrected chi connectivity index (χ1v) is 18.2. The van der Waals surface area contributed by atoms with Crippen molar-refractivity contribution in [1.82, 2.24) is 20.4 Å². The molecule has 57 heavy (non-hydrogen) atoms. The monoisotopic (exact) mass is 776 g/mol. The lowest BCUT2D eigenvalue weighted by molar-refractivity contribution is -0.145. The van der Waals surface area contributed by atoms with Gasteiger partial charge in [0.15, 0.2) is 6.04 Å². The number of carbonyl (C=O) groups is 7. The molecule has 1 fully saturated rings. The minimum Gasteiger partial charge on any atom is -0.481 e. The highest BCUT2D eigenvalue weighted by atomic mass is 16.4. The lowest BCUT2D eigenvalue weighted by Crippen LogP contribution is -2.56. The highest BCUT2D eigenvalue weighted by Crippen LogP contribution is 2.40. The van der Waals surface area contributed by atoms with Crippen molar-refractivity contribution in [2.75, 3.05) is 10.6 Å². The van der Waals surface area contributed by atoms with Crippen LogP contribution in [0, 0.1) is 5.92 Å². The zero-order valence-electron chi connectivity index (χ0n) is 31.5. The van der Waals surface area contributed by atoms with Gasteiger partial charge in [0.2, 0.25) is 11.8 Å². The minimum absolute atomic E-state index is 0.0450. The van der Waals surface area contributed by atoms with Crippen LogP contribution in [-0.4, -0.2) is 73.8 Å². The van der Waals surface area contributed by atoms with Crippen molar-refractivity contribution in [2.24, 2.45) is 5.92 Å². The van der Waals surface area contributed by atoms with Gasteiger partial charge in [0, 0.05) is 17.9 Å². The molecule has 4 atom stereocenters. The van der Waals surface area contributed by atoms with Crippen LogP contribution in [0.5, 0.6) is 0 Å². The Morgan fingerprint density at radius 2 is 1.25 bits per heavy atom. The summed E-state index contributed by atoms with van der Waals surface area (Å²) in [4.78, 5) is 95.6. The summed E-state index contributed by atoms with van der Waals surface area (Å²) < 4.78 is 0. The largest absolute Gasteiger partial charge is 0.481 e. The maximum Gasteiger partial charge on any atom is 0.330 e. The fourth-order valence-electron chi connectivity index (χ4n) is 6.60. The lowest BCUT2D eigenvalue weighted by Gasteiger charge is -2.32. The van der Waals surface area contributed by atoms with Crippen LogP contribution in [0.4, 0.5) is 21.0 Å². The van der Waals surface area contributed by atoms with Gasteiger partial charge in [0.25, 0.3) is 5.91 Å². The van der Waals surface area contributed by atoms with E-state index in [1.807, 2.05) is 6.07 Å². The van der Waals surface area contributed by atoms with Crippen LogP contribution in [0.1, 0.15) is 56.3 Å². The molecular weight excluding hydrogens is 732 g/mol. The van der Waals surface area contributed by atoms with Gasteiger partial charge in [-0.1, -0.05) is 105 Å². The number of carboxylic acid groups (broad SMARTS) is 2. The first-order chi connectivity index (χ1) is 27.2. The van der Waals surface area contributed by atoms with E-state index in [4.69, 9.17) is 0 Å². The molecule has 0 spiro atoms. The first kappa shape index (κ1) is 41.1. The van der Waals surface area contributed by atoms with Gasteiger partial charge in [-0.2, -0.15) is 0 Å². The highest BCUT2D eigenvalue weighted by Gasteiger charge is 2.58. The molecule has 0 bridgehead atoms. The Balaban J connectivity index is 1.42. The van der Waals surface area contributed by atoms with Crippen molar-refractivity contribution >= 4 is 53.1 Å². The molecule has 1 aliphatic heterocycles. The lowest BCUT2D eigenvalue weighted by atomic mass is 9.89. The summed E-state index contributed by atoms with van der Waals surface area (Å²) in [5, 5.41) is 29.7. The molecule has 4 aromatic carbocycles. The second-order valence-electron chi connectivity index (χ2n) is 14.1. The van der Waals surface area contributed by atoms with E-state index >= 15 is 0 Å². The third kappa shape index (κ3) is 9.80. The van der Waals surface area contributed by atoms with Crippen molar-refractivity contribution in [3.8, 4) is 0 Å². The normalized spacial score (nSPS) is 16.7. The molecular formula is C42H44N6O9. The van der Waals surface area contributed by atoms with E-state index < -0.39 is 71.8 Å². The Morgan fingerprint density at radius 3 is 1.79 bits per heavy atom. The Labute approximate surface area is 329 Å². The van der Waals surface area contributed by atoms with Gasteiger partial charge in [-0.25, -0.2) is 19.3 Å². The number of hydrogen-bond donors (Lipinski definition) is 6. The smallest absolute Gasteiger partial charge is 0.330 e. The second-order valence-corrected chi connectivity index (χ2v) is 14.1. The Morgan fingerprint density at radius 1 is 0.702 bits per heavy atom. The quantitative estimate of drug-likeness (QED) is 0.0811.